The van der Waals surface area contributed by atoms with Crippen molar-refractivity contribution in [3.8, 4) is 0 Å². The number of hydrogen-bond acceptors (Lipinski definition) is 0. The highest BCUT2D eigenvalue weighted by atomic mass is 19.2. The van der Waals surface area contributed by atoms with Crippen LogP contribution in [-0.4, -0.2) is 0 Å². The molecule has 1 atom stereocenters. The second-order valence-electron chi connectivity index (χ2n) is 9.74. The Morgan fingerprint density at radius 3 is 2.33 bits per heavy atom. The molecule has 0 saturated heterocycles. The molecule has 0 spiro atoms. The molecular weight excluding hydrogens is 374 g/mol. The topological polar surface area (TPSA) is 0 Å². The van der Waals surface area contributed by atoms with E-state index in [-0.39, 0.29) is 0 Å². The Labute approximate surface area is 182 Å². The molecule has 2 heteroatoms. The van der Waals surface area contributed by atoms with Gasteiger partial charge in [-0.05, 0) is 87.2 Å². The van der Waals surface area contributed by atoms with Gasteiger partial charge in [-0.2, -0.15) is 0 Å². The number of hydrogen-bond donors (Lipinski definition) is 0. The van der Waals surface area contributed by atoms with Gasteiger partial charge in [-0.25, -0.2) is 8.78 Å². The van der Waals surface area contributed by atoms with Crippen LogP contribution in [0.2, 0.25) is 0 Å². The first-order valence-corrected chi connectivity index (χ1v) is 12.4. The molecule has 2 aliphatic carbocycles. The second kappa shape index (κ2) is 11.8. The lowest BCUT2D eigenvalue weighted by Gasteiger charge is -2.30. The van der Waals surface area contributed by atoms with Gasteiger partial charge in [0.15, 0.2) is 11.6 Å². The van der Waals surface area contributed by atoms with Crippen LogP contribution in [0.5, 0.6) is 0 Å². The molecule has 1 unspecified atom stereocenters. The Kier molecular flexibility index (Phi) is 9.15. The smallest absolute Gasteiger partial charge is 0.166 e. The van der Waals surface area contributed by atoms with E-state index in [9.17, 15) is 8.78 Å². The van der Waals surface area contributed by atoms with Crippen LogP contribution in [0.15, 0.2) is 30.4 Å². The average Bonchev–Trinajstić information content (AvgIpc) is 2.77. The van der Waals surface area contributed by atoms with E-state index >= 15 is 0 Å². The van der Waals surface area contributed by atoms with Gasteiger partial charge in [0.1, 0.15) is 0 Å². The first kappa shape index (κ1) is 23.2. The second-order valence-corrected chi connectivity index (χ2v) is 9.74. The summed E-state index contributed by atoms with van der Waals surface area (Å²) in [5.41, 5.74) is 1.85. The van der Waals surface area contributed by atoms with Crippen LogP contribution in [0.3, 0.4) is 0 Å². The summed E-state index contributed by atoms with van der Waals surface area (Å²) >= 11 is 0. The van der Waals surface area contributed by atoms with Crippen molar-refractivity contribution in [2.75, 3.05) is 0 Å². The van der Waals surface area contributed by atoms with Crippen LogP contribution in [0, 0.1) is 36.3 Å². The number of halogens is 2. The van der Waals surface area contributed by atoms with Crippen molar-refractivity contribution in [1.29, 1.82) is 0 Å². The van der Waals surface area contributed by atoms with E-state index < -0.39 is 11.6 Å². The molecule has 0 radical (unpaired) electrons. The van der Waals surface area contributed by atoms with Gasteiger partial charge >= 0.3 is 0 Å². The van der Waals surface area contributed by atoms with E-state index in [1.54, 1.807) is 19.1 Å². The molecule has 0 aromatic heterocycles. The van der Waals surface area contributed by atoms with Crippen LogP contribution >= 0.6 is 0 Å². The number of benzene rings is 1. The van der Waals surface area contributed by atoms with Gasteiger partial charge in [0, 0.05) is 5.56 Å². The van der Waals surface area contributed by atoms with E-state index in [4.69, 9.17) is 0 Å². The van der Waals surface area contributed by atoms with Crippen LogP contribution in [0.1, 0.15) is 102 Å². The molecule has 1 fully saturated rings. The summed E-state index contributed by atoms with van der Waals surface area (Å²) < 4.78 is 28.2. The van der Waals surface area contributed by atoms with Crippen molar-refractivity contribution in [1.82, 2.24) is 0 Å². The minimum Gasteiger partial charge on any atom is -0.203 e. The van der Waals surface area contributed by atoms with Gasteiger partial charge in [-0.15, -0.1) is 0 Å². The van der Waals surface area contributed by atoms with Crippen LogP contribution in [-0.2, 0) is 0 Å². The molecule has 0 amide bonds. The zero-order valence-electron chi connectivity index (χ0n) is 19.1. The van der Waals surface area contributed by atoms with Crippen molar-refractivity contribution < 1.29 is 8.78 Å². The molecule has 0 heterocycles. The quantitative estimate of drug-likeness (QED) is 0.279. The fraction of sp³-hybridized carbons (Fsp3) is 0.643. The van der Waals surface area contributed by atoms with Gasteiger partial charge in [-0.3, -0.25) is 0 Å². The minimum atomic E-state index is -0.692. The summed E-state index contributed by atoms with van der Waals surface area (Å²) in [5, 5.41) is 0. The molecule has 1 aromatic rings. The first-order valence-electron chi connectivity index (χ1n) is 12.4. The fourth-order valence-corrected chi connectivity index (χ4v) is 5.25. The normalized spacial score (nSPS) is 24.9. The van der Waals surface area contributed by atoms with Crippen molar-refractivity contribution in [3.63, 3.8) is 0 Å². The molecule has 0 bridgehead atoms. The van der Waals surface area contributed by atoms with Crippen molar-refractivity contribution in [2.45, 2.75) is 97.3 Å². The largest absolute Gasteiger partial charge is 0.203 e. The van der Waals surface area contributed by atoms with Crippen molar-refractivity contribution in [3.05, 3.63) is 53.1 Å². The third kappa shape index (κ3) is 6.53. The fourth-order valence-electron chi connectivity index (χ4n) is 5.25. The number of unbranched alkanes of at least 4 members (excludes halogenated alkanes) is 2. The highest BCUT2D eigenvalue weighted by molar-refractivity contribution is 5.67. The molecule has 0 N–H and O–H groups in total. The first-order chi connectivity index (χ1) is 14.6. The van der Waals surface area contributed by atoms with E-state index in [2.05, 4.69) is 25.2 Å². The van der Waals surface area contributed by atoms with Crippen LogP contribution in [0.4, 0.5) is 8.78 Å². The molecule has 3 rings (SSSR count). The summed E-state index contributed by atoms with van der Waals surface area (Å²) in [7, 11) is 0. The van der Waals surface area contributed by atoms with Crippen LogP contribution in [0.25, 0.3) is 5.57 Å². The zero-order chi connectivity index (χ0) is 21.3. The van der Waals surface area contributed by atoms with E-state index in [0.717, 1.165) is 36.7 Å². The molecule has 166 valence electrons. The average molecular weight is 415 g/mol. The molecule has 1 saturated carbocycles. The number of rotatable bonds is 9. The third-order valence-corrected chi connectivity index (χ3v) is 7.45. The molecule has 1 aromatic carbocycles. The van der Waals surface area contributed by atoms with Gasteiger partial charge in [0.05, 0.1) is 0 Å². The Hall–Kier alpha value is -1.44. The van der Waals surface area contributed by atoms with Crippen molar-refractivity contribution >= 4 is 5.57 Å². The maximum Gasteiger partial charge on any atom is 0.166 e. The number of allylic oxidation sites excluding steroid dienone is 4. The maximum atomic E-state index is 14.3. The van der Waals surface area contributed by atoms with Crippen molar-refractivity contribution in [2.24, 2.45) is 17.8 Å². The highest BCUT2D eigenvalue weighted by Gasteiger charge is 2.23. The minimum absolute atomic E-state index is 0.382. The summed E-state index contributed by atoms with van der Waals surface area (Å²) in [6.07, 6.45) is 23.3. The Morgan fingerprint density at radius 2 is 1.63 bits per heavy atom. The van der Waals surface area contributed by atoms with Gasteiger partial charge in [0.25, 0.3) is 0 Å². The predicted molar refractivity (Wildman–Crippen MR) is 124 cm³/mol. The standard InChI is InChI=1S/C28H40F2/c1-3-4-5-6-7-8-22-10-12-23(13-11-22)14-15-24-16-18-25(19-17-24)26-20-9-21(2)27(29)28(26)30/h6-7,9,18,20,22-24H,3-5,8,10-17,19H2,1-2H3/b7-6-. The lowest BCUT2D eigenvalue weighted by molar-refractivity contribution is 0.247. The Bertz CT molecular complexity index is 722. The lowest BCUT2D eigenvalue weighted by atomic mass is 9.76. The van der Waals surface area contributed by atoms with E-state index in [1.165, 1.54) is 64.2 Å². The van der Waals surface area contributed by atoms with Gasteiger partial charge < -0.3 is 0 Å². The van der Waals surface area contributed by atoms with Crippen LogP contribution < -0.4 is 0 Å². The third-order valence-electron chi connectivity index (χ3n) is 7.45. The van der Waals surface area contributed by atoms with Gasteiger partial charge in [0.2, 0.25) is 0 Å². The summed E-state index contributed by atoms with van der Waals surface area (Å²) in [5.74, 6) is 1.16. The van der Waals surface area contributed by atoms with Gasteiger partial charge in [-0.1, -0.05) is 69.4 Å². The molecule has 0 aliphatic heterocycles. The van der Waals surface area contributed by atoms with E-state index in [0.29, 0.717) is 17.0 Å². The molecule has 30 heavy (non-hydrogen) atoms. The predicted octanol–water partition coefficient (Wildman–Crippen LogP) is 9.18. The number of aryl methyl sites for hydroxylation is 1. The molecule has 0 nitrogen and oxygen atoms in total. The molecular formula is C28H40F2. The zero-order valence-corrected chi connectivity index (χ0v) is 19.1. The monoisotopic (exact) mass is 414 g/mol. The lowest BCUT2D eigenvalue weighted by Crippen LogP contribution is -2.16. The maximum absolute atomic E-state index is 14.3. The summed E-state index contributed by atoms with van der Waals surface area (Å²) in [6, 6.07) is 3.44. The molecule has 2 aliphatic rings. The van der Waals surface area contributed by atoms with E-state index in [1.807, 2.05) is 0 Å². The highest BCUT2D eigenvalue weighted by Crippen LogP contribution is 2.38. The Morgan fingerprint density at radius 1 is 0.900 bits per heavy atom. The Balaban J connectivity index is 1.37. The summed E-state index contributed by atoms with van der Waals surface area (Å²) in [4.78, 5) is 0. The SMILES string of the molecule is CCCC/C=C\CC1CCC(CCC2CC=C(c3ccc(C)c(F)c3F)CC2)CC1. The summed E-state index contributed by atoms with van der Waals surface area (Å²) in [6.45, 7) is 3.87.